The highest BCUT2D eigenvalue weighted by Gasteiger charge is 2.22. The van der Waals surface area contributed by atoms with Crippen LogP contribution in [0.25, 0.3) is 10.1 Å². The molecule has 1 aliphatic heterocycles. The van der Waals surface area contributed by atoms with Crippen molar-refractivity contribution in [3.63, 3.8) is 0 Å². The van der Waals surface area contributed by atoms with E-state index in [2.05, 4.69) is 43.0 Å². The van der Waals surface area contributed by atoms with Crippen molar-refractivity contribution in [2.75, 3.05) is 26.2 Å². The average molecular weight is 332 g/mol. The zero-order chi connectivity index (χ0) is 16.1. The number of ether oxygens (including phenoxy) is 1. The highest BCUT2D eigenvalue weighted by atomic mass is 32.1. The molecular weight excluding hydrogens is 302 g/mol. The van der Waals surface area contributed by atoms with Gasteiger partial charge in [-0.1, -0.05) is 32.4 Å². The van der Waals surface area contributed by atoms with Gasteiger partial charge in [0.1, 0.15) is 5.75 Å². The van der Waals surface area contributed by atoms with Gasteiger partial charge in [0, 0.05) is 4.88 Å². The topological polar surface area (TPSA) is 12.5 Å². The molecule has 1 aliphatic rings. The predicted molar refractivity (Wildman–Crippen MR) is 101 cm³/mol. The van der Waals surface area contributed by atoms with Crippen LogP contribution in [0.1, 0.15) is 56.7 Å². The number of unbranched alkanes of at least 4 members (excludes halogenated alkanes) is 1. The van der Waals surface area contributed by atoms with Crippen LogP contribution in [0, 0.1) is 0 Å². The lowest BCUT2D eigenvalue weighted by atomic mass is 9.95. The van der Waals surface area contributed by atoms with Crippen LogP contribution < -0.4 is 4.74 Å². The van der Waals surface area contributed by atoms with Crippen LogP contribution in [-0.2, 0) is 0 Å². The Labute approximate surface area is 144 Å². The largest absolute Gasteiger partial charge is 0.492 e. The molecule has 2 nitrogen and oxygen atoms in total. The first-order chi connectivity index (χ1) is 11.3. The van der Waals surface area contributed by atoms with Gasteiger partial charge in [-0.25, -0.2) is 0 Å². The van der Waals surface area contributed by atoms with Crippen molar-refractivity contribution >= 4 is 21.4 Å². The van der Waals surface area contributed by atoms with Gasteiger partial charge in [-0.05, 0) is 68.8 Å². The number of hydrogen-bond donors (Lipinski definition) is 0. The monoisotopic (exact) mass is 331 g/mol. The van der Waals surface area contributed by atoms with Crippen LogP contribution in [0.4, 0.5) is 0 Å². The van der Waals surface area contributed by atoms with Crippen LogP contribution in [0.15, 0.2) is 24.3 Å². The van der Waals surface area contributed by atoms with Crippen LogP contribution in [0.5, 0.6) is 5.75 Å². The van der Waals surface area contributed by atoms with E-state index < -0.39 is 0 Å². The Hall–Kier alpha value is -1.06. The Bertz CT molecular complexity index is 613. The van der Waals surface area contributed by atoms with Crippen LogP contribution >= 0.6 is 11.3 Å². The molecule has 0 aliphatic carbocycles. The van der Waals surface area contributed by atoms with Crippen LogP contribution in [0.2, 0.25) is 0 Å². The number of piperidine rings is 1. The number of nitrogens with zero attached hydrogens (tertiary/aromatic N) is 1. The Morgan fingerprint density at radius 3 is 2.74 bits per heavy atom. The number of fused-ring (bicyclic) bond motifs is 1. The summed E-state index contributed by atoms with van der Waals surface area (Å²) in [5.41, 5.74) is 0. The fourth-order valence-electron chi connectivity index (χ4n) is 3.41. The molecule has 0 atom stereocenters. The molecular formula is C20H29NOS. The molecule has 0 bridgehead atoms. The summed E-state index contributed by atoms with van der Waals surface area (Å²) in [4.78, 5) is 4.20. The second-order valence-corrected chi connectivity index (χ2v) is 7.72. The Balaban J connectivity index is 1.69. The van der Waals surface area contributed by atoms with E-state index in [9.17, 15) is 0 Å². The number of benzene rings is 1. The molecule has 0 radical (unpaired) electrons. The third kappa shape index (κ3) is 4.07. The summed E-state index contributed by atoms with van der Waals surface area (Å²) in [5, 5.41) is 1.35. The first-order valence-electron chi connectivity index (χ1n) is 9.19. The van der Waals surface area contributed by atoms with E-state index in [0.717, 1.165) is 24.7 Å². The molecule has 126 valence electrons. The number of thiophene rings is 1. The zero-order valence-electron chi connectivity index (χ0n) is 14.5. The summed E-state index contributed by atoms with van der Waals surface area (Å²) in [7, 11) is 0. The Morgan fingerprint density at radius 1 is 1.17 bits per heavy atom. The van der Waals surface area contributed by atoms with Crippen molar-refractivity contribution in [1.82, 2.24) is 4.90 Å². The first-order valence-corrected chi connectivity index (χ1v) is 10.0. The SMILES string of the molecule is CCCCN1CCC(c2cc3cccc(OCCC)c3s2)CC1. The molecule has 1 aromatic carbocycles. The maximum Gasteiger partial charge on any atom is 0.137 e. The normalized spacial score (nSPS) is 17.0. The molecule has 0 saturated carbocycles. The highest BCUT2D eigenvalue weighted by molar-refractivity contribution is 7.19. The van der Waals surface area contributed by atoms with Crippen molar-refractivity contribution in [2.24, 2.45) is 0 Å². The minimum Gasteiger partial charge on any atom is -0.492 e. The number of likely N-dealkylation sites (tertiary alicyclic amines) is 1. The molecule has 1 aromatic heterocycles. The fraction of sp³-hybridized carbons (Fsp3) is 0.600. The van der Waals surface area contributed by atoms with Crippen molar-refractivity contribution in [2.45, 2.75) is 51.9 Å². The van der Waals surface area contributed by atoms with Gasteiger partial charge in [0.2, 0.25) is 0 Å². The molecule has 3 rings (SSSR count). The summed E-state index contributed by atoms with van der Waals surface area (Å²) < 4.78 is 7.27. The first kappa shape index (κ1) is 16.8. The number of rotatable bonds is 7. The summed E-state index contributed by atoms with van der Waals surface area (Å²) in [6.07, 6.45) is 6.32. The third-order valence-corrected chi connectivity index (χ3v) is 6.13. The van der Waals surface area contributed by atoms with Crippen LogP contribution in [-0.4, -0.2) is 31.1 Å². The molecule has 3 heteroatoms. The van der Waals surface area contributed by atoms with Crippen molar-refractivity contribution in [3.8, 4) is 5.75 Å². The maximum atomic E-state index is 5.93. The van der Waals surface area contributed by atoms with Gasteiger partial charge in [0.05, 0.1) is 11.3 Å². The second-order valence-electron chi connectivity index (χ2n) is 6.64. The Morgan fingerprint density at radius 2 is 2.00 bits per heavy atom. The highest BCUT2D eigenvalue weighted by Crippen LogP contribution is 2.40. The van der Waals surface area contributed by atoms with E-state index in [4.69, 9.17) is 4.74 Å². The van der Waals surface area contributed by atoms with E-state index in [0.29, 0.717) is 0 Å². The van der Waals surface area contributed by atoms with E-state index in [1.807, 2.05) is 11.3 Å². The van der Waals surface area contributed by atoms with Gasteiger partial charge < -0.3 is 9.64 Å². The fourth-order valence-corrected chi connectivity index (χ4v) is 4.70. The molecule has 1 fully saturated rings. The van der Waals surface area contributed by atoms with Gasteiger partial charge in [-0.15, -0.1) is 11.3 Å². The summed E-state index contributed by atoms with van der Waals surface area (Å²) in [6, 6.07) is 8.87. The van der Waals surface area contributed by atoms with Crippen LogP contribution in [0.3, 0.4) is 0 Å². The maximum absolute atomic E-state index is 5.93. The molecule has 0 spiro atoms. The van der Waals surface area contributed by atoms with Gasteiger partial charge in [0.25, 0.3) is 0 Å². The number of hydrogen-bond acceptors (Lipinski definition) is 3. The second kappa shape index (κ2) is 8.16. The lowest BCUT2D eigenvalue weighted by Crippen LogP contribution is -2.33. The van der Waals surface area contributed by atoms with Crippen molar-refractivity contribution in [1.29, 1.82) is 0 Å². The van der Waals surface area contributed by atoms with E-state index in [1.54, 1.807) is 4.88 Å². The summed E-state index contributed by atoms with van der Waals surface area (Å²) >= 11 is 1.96. The molecule has 2 heterocycles. The molecule has 1 saturated heterocycles. The zero-order valence-corrected chi connectivity index (χ0v) is 15.3. The predicted octanol–water partition coefficient (Wildman–Crippen LogP) is 5.67. The molecule has 23 heavy (non-hydrogen) atoms. The molecule has 2 aromatic rings. The molecule has 0 unspecified atom stereocenters. The van der Waals surface area contributed by atoms with E-state index >= 15 is 0 Å². The van der Waals surface area contributed by atoms with Gasteiger partial charge in [0.15, 0.2) is 0 Å². The molecule has 0 amide bonds. The minimum atomic E-state index is 0.740. The standard InChI is InChI=1S/C20H29NOS/c1-3-5-11-21-12-9-16(10-13-21)19-15-17-7-6-8-18(20(17)23-19)22-14-4-2/h6-8,15-16H,3-5,9-14H2,1-2H3. The third-order valence-electron chi connectivity index (χ3n) is 4.81. The lowest BCUT2D eigenvalue weighted by molar-refractivity contribution is 0.211. The van der Waals surface area contributed by atoms with E-state index in [1.165, 1.54) is 55.4 Å². The van der Waals surface area contributed by atoms with Gasteiger partial charge in [-0.2, -0.15) is 0 Å². The van der Waals surface area contributed by atoms with Crippen molar-refractivity contribution < 1.29 is 4.74 Å². The summed E-state index contributed by atoms with van der Waals surface area (Å²) in [6.45, 7) is 9.05. The van der Waals surface area contributed by atoms with Gasteiger partial charge >= 0.3 is 0 Å². The minimum absolute atomic E-state index is 0.740. The average Bonchev–Trinajstić information content (AvgIpc) is 3.03. The quantitative estimate of drug-likeness (QED) is 0.648. The molecule has 0 N–H and O–H groups in total. The van der Waals surface area contributed by atoms with Crippen molar-refractivity contribution in [3.05, 3.63) is 29.1 Å². The lowest BCUT2D eigenvalue weighted by Gasteiger charge is -2.31. The van der Waals surface area contributed by atoms with E-state index in [-0.39, 0.29) is 0 Å². The smallest absolute Gasteiger partial charge is 0.137 e. The Kier molecular flexibility index (Phi) is 5.96. The summed E-state index contributed by atoms with van der Waals surface area (Å²) in [5.74, 6) is 1.81. The van der Waals surface area contributed by atoms with Gasteiger partial charge in [-0.3, -0.25) is 0 Å².